The standard InChI is InChI=1S/C15H22ClNO/c1-2-12-11-13(16)6-7-15(12)18-10-8-14-5-3-4-9-17-14/h6-7,11,14,17H,2-5,8-10H2,1H3/t14-/m1/s1. The highest BCUT2D eigenvalue weighted by Gasteiger charge is 2.12. The van der Waals surface area contributed by atoms with E-state index in [1.54, 1.807) is 0 Å². The first-order chi connectivity index (χ1) is 8.79. The molecule has 1 N–H and O–H groups in total. The molecule has 1 heterocycles. The Hall–Kier alpha value is -0.730. The predicted octanol–water partition coefficient (Wildman–Crippen LogP) is 3.81. The predicted molar refractivity (Wildman–Crippen MR) is 76.6 cm³/mol. The van der Waals surface area contributed by atoms with E-state index in [0.717, 1.165) is 36.8 Å². The van der Waals surface area contributed by atoms with Gasteiger partial charge in [0.25, 0.3) is 0 Å². The molecule has 1 aliphatic rings. The number of benzene rings is 1. The number of piperidine rings is 1. The van der Waals surface area contributed by atoms with Gasteiger partial charge in [-0.15, -0.1) is 0 Å². The topological polar surface area (TPSA) is 21.3 Å². The lowest BCUT2D eigenvalue weighted by Crippen LogP contribution is -2.35. The summed E-state index contributed by atoms with van der Waals surface area (Å²) in [5.41, 5.74) is 1.19. The quantitative estimate of drug-likeness (QED) is 0.876. The van der Waals surface area contributed by atoms with Gasteiger partial charge in [-0.2, -0.15) is 0 Å². The minimum absolute atomic E-state index is 0.635. The Bertz CT molecular complexity index is 375. The summed E-state index contributed by atoms with van der Waals surface area (Å²) in [6.07, 6.45) is 5.99. The van der Waals surface area contributed by atoms with Crippen molar-refractivity contribution in [3.63, 3.8) is 0 Å². The van der Waals surface area contributed by atoms with Gasteiger partial charge in [0.15, 0.2) is 0 Å². The number of rotatable bonds is 5. The Kier molecular flexibility index (Phi) is 5.33. The lowest BCUT2D eigenvalue weighted by molar-refractivity contribution is 0.266. The molecule has 0 aromatic heterocycles. The van der Waals surface area contributed by atoms with Crippen LogP contribution < -0.4 is 10.1 Å². The zero-order chi connectivity index (χ0) is 12.8. The maximum absolute atomic E-state index is 5.99. The van der Waals surface area contributed by atoms with E-state index in [2.05, 4.69) is 12.2 Å². The molecule has 3 heteroatoms. The molecule has 1 atom stereocenters. The molecule has 0 aliphatic carbocycles. The fraction of sp³-hybridized carbons (Fsp3) is 0.600. The SMILES string of the molecule is CCc1cc(Cl)ccc1OCC[C@H]1CCCCN1. The van der Waals surface area contributed by atoms with Gasteiger partial charge in [0, 0.05) is 11.1 Å². The van der Waals surface area contributed by atoms with Gasteiger partial charge in [-0.05, 0) is 56.0 Å². The second kappa shape index (κ2) is 7.01. The first kappa shape index (κ1) is 13.7. The smallest absolute Gasteiger partial charge is 0.122 e. The van der Waals surface area contributed by atoms with Crippen molar-refractivity contribution in [2.24, 2.45) is 0 Å². The maximum Gasteiger partial charge on any atom is 0.122 e. The molecule has 1 saturated heterocycles. The summed E-state index contributed by atoms with van der Waals surface area (Å²) in [7, 11) is 0. The molecule has 1 fully saturated rings. The Labute approximate surface area is 115 Å². The van der Waals surface area contributed by atoms with Gasteiger partial charge in [-0.3, -0.25) is 0 Å². The van der Waals surface area contributed by atoms with Crippen LogP contribution in [0.15, 0.2) is 18.2 Å². The summed E-state index contributed by atoms with van der Waals surface area (Å²) in [6.45, 7) is 4.07. The third-order valence-electron chi connectivity index (χ3n) is 3.54. The summed E-state index contributed by atoms with van der Waals surface area (Å²) in [6, 6.07) is 6.51. The Morgan fingerprint density at radius 3 is 3.00 bits per heavy atom. The summed E-state index contributed by atoms with van der Waals surface area (Å²) in [5.74, 6) is 0.984. The summed E-state index contributed by atoms with van der Waals surface area (Å²) >= 11 is 5.99. The molecule has 2 rings (SSSR count). The monoisotopic (exact) mass is 267 g/mol. The molecule has 18 heavy (non-hydrogen) atoms. The molecule has 1 aromatic rings. The number of hydrogen-bond acceptors (Lipinski definition) is 2. The van der Waals surface area contributed by atoms with Crippen molar-refractivity contribution in [1.82, 2.24) is 5.32 Å². The molecular formula is C15H22ClNO. The average molecular weight is 268 g/mol. The van der Waals surface area contributed by atoms with Crippen LogP contribution in [0.2, 0.25) is 5.02 Å². The van der Waals surface area contributed by atoms with Crippen molar-refractivity contribution >= 4 is 11.6 Å². The second-order valence-electron chi connectivity index (χ2n) is 4.89. The van der Waals surface area contributed by atoms with Gasteiger partial charge >= 0.3 is 0 Å². The van der Waals surface area contributed by atoms with Gasteiger partial charge in [-0.1, -0.05) is 24.9 Å². The van der Waals surface area contributed by atoms with Crippen molar-refractivity contribution in [3.8, 4) is 5.75 Å². The highest BCUT2D eigenvalue weighted by Crippen LogP contribution is 2.23. The van der Waals surface area contributed by atoms with Crippen LogP contribution >= 0.6 is 11.6 Å². The molecule has 0 radical (unpaired) electrons. The number of halogens is 1. The second-order valence-corrected chi connectivity index (χ2v) is 5.33. The Morgan fingerprint density at radius 1 is 1.39 bits per heavy atom. The van der Waals surface area contributed by atoms with Crippen molar-refractivity contribution < 1.29 is 4.74 Å². The molecule has 0 amide bonds. The summed E-state index contributed by atoms with van der Waals surface area (Å²) in [5, 5.41) is 4.33. The Balaban J connectivity index is 1.82. The van der Waals surface area contributed by atoms with Crippen LogP contribution in [-0.2, 0) is 6.42 Å². The van der Waals surface area contributed by atoms with E-state index in [4.69, 9.17) is 16.3 Å². The number of hydrogen-bond donors (Lipinski definition) is 1. The van der Waals surface area contributed by atoms with E-state index >= 15 is 0 Å². The first-order valence-electron chi connectivity index (χ1n) is 6.94. The van der Waals surface area contributed by atoms with Crippen LogP contribution in [0.3, 0.4) is 0 Å². The largest absolute Gasteiger partial charge is 0.493 e. The zero-order valence-electron chi connectivity index (χ0n) is 11.0. The van der Waals surface area contributed by atoms with E-state index in [9.17, 15) is 0 Å². The number of aryl methyl sites for hydroxylation is 1. The zero-order valence-corrected chi connectivity index (χ0v) is 11.8. The normalized spacial score (nSPS) is 19.8. The fourth-order valence-corrected chi connectivity index (χ4v) is 2.64. The lowest BCUT2D eigenvalue weighted by atomic mass is 10.0. The minimum atomic E-state index is 0.635. The van der Waals surface area contributed by atoms with Gasteiger partial charge in [0.05, 0.1) is 6.61 Å². The van der Waals surface area contributed by atoms with Gasteiger partial charge in [0.2, 0.25) is 0 Å². The minimum Gasteiger partial charge on any atom is -0.493 e. The molecule has 0 spiro atoms. The first-order valence-corrected chi connectivity index (χ1v) is 7.32. The van der Waals surface area contributed by atoms with Crippen LogP contribution in [0.25, 0.3) is 0 Å². The molecule has 0 unspecified atom stereocenters. The molecule has 0 bridgehead atoms. The van der Waals surface area contributed by atoms with E-state index in [0.29, 0.717) is 6.04 Å². The van der Waals surface area contributed by atoms with Crippen molar-refractivity contribution in [1.29, 1.82) is 0 Å². The third kappa shape index (κ3) is 3.89. The van der Waals surface area contributed by atoms with Crippen molar-refractivity contribution in [2.45, 2.75) is 45.1 Å². The third-order valence-corrected chi connectivity index (χ3v) is 3.77. The number of nitrogens with one attached hydrogen (secondary N) is 1. The van der Waals surface area contributed by atoms with E-state index in [1.165, 1.54) is 24.8 Å². The van der Waals surface area contributed by atoms with Crippen LogP contribution in [-0.4, -0.2) is 19.2 Å². The van der Waals surface area contributed by atoms with Crippen LogP contribution in [0.5, 0.6) is 5.75 Å². The molecule has 0 saturated carbocycles. The lowest BCUT2D eigenvalue weighted by Gasteiger charge is -2.23. The van der Waals surface area contributed by atoms with Crippen molar-refractivity contribution in [3.05, 3.63) is 28.8 Å². The molecule has 100 valence electrons. The highest BCUT2D eigenvalue weighted by molar-refractivity contribution is 6.30. The van der Waals surface area contributed by atoms with E-state index in [-0.39, 0.29) is 0 Å². The van der Waals surface area contributed by atoms with Crippen LogP contribution in [0.4, 0.5) is 0 Å². The molecule has 2 nitrogen and oxygen atoms in total. The maximum atomic E-state index is 5.99. The fourth-order valence-electron chi connectivity index (χ4n) is 2.45. The Morgan fingerprint density at radius 2 is 2.28 bits per heavy atom. The van der Waals surface area contributed by atoms with Crippen LogP contribution in [0, 0.1) is 0 Å². The number of ether oxygens (including phenoxy) is 1. The van der Waals surface area contributed by atoms with Crippen molar-refractivity contribution in [2.75, 3.05) is 13.2 Å². The molecule has 1 aromatic carbocycles. The summed E-state index contributed by atoms with van der Waals surface area (Å²) < 4.78 is 5.89. The molecular weight excluding hydrogens is 246 g/mol. The van der Waals surface area contributed by atoms with Gasteiger partial charge in [-0.25, -0.2) is 0 Å². The van der Waals surface area contributed by atoms with Crippen LogP contribution in [0.1, 0.15) is 38.2 Å². The average Bonchev–Trinajstić information content (AvgIpc) is 2.41. The van der Waals surface area contributed by atoms with E-state index < -0.39 is 0 Å². The van der Waals surface area contributed by atoms with Gasteiger partial charge in [0.1, 0.15) is 5.75 Å². The summed E-state index contributed by atoms with van der Waals surface area (Å²) in [4.78, 5) is 0. The highest BCUT2D eigenvalue weighted by atomic mass is 35.5. The van der Waals surface area contributed by atoms with Gasteiger partial charge < -0.3 is 10.1 Å². The van der Waals surface area contributed by atoms with E-state index in [1.807, 2.05) is 18.2 Å². The molecule has 1 aliphatic heterocycles.